The second kappa shape index (κ2) is 6.21. The van der Waals surface area contributed by atoms with Gasteiger partial charge in [0.05, 0.1) is 16.4 Å². The molecule has 1 aromatic carbocycles. The monoisotopic (exact) mass is 352 g/mol. The number of rotatable bonds is 5. The zero-order valence-electron chi connectivity index (χ0n) is 11.3. The SMILES string of the molecule is NCCN([C@H]1CCS(=O)(=O)C1)S(=O)(=O)c1ccc(Cl)cc1. The highest BCUT2D eigenvalue weighted by molar-refractivity contribution is 7.92. The standard InChI is InChI=1S/C12H17ClN2O4S2/c13-10-1-3-12(4-2-10)21(18,19)15(7-6-14)11-5-8-20(16,17)9-11/h1-4,11H,5-9,14H2/t11-/m0/s1. The van der Waals surface area contributed by atoms with Crippen LogP contribution in [0.15, 0.2) is 29.2 Å². The van der Waals surface area contributed by atoms with Gasteiger partial charge >= 0.3 is 0 Å². The third kappa shape index (κ3) is 3.75. The average Bonchev–Trinajstić information content (AvgIpc) is 2.76. The highest BCUT2D eigenvalue weighted by Crippen LogP contribution is 2.25. The number of sulfone groups is 1. The van der Waals surface area contributed by atoms with Gasteiger partial charge in [-0.25, -0.2) is 16.8 Å². The fourth-order valence-corrected chi connectivity index (χ4v) is 5.99. The molecule has 0 unspecified atom stereocenters. The molecular weight excluding hydrogens is 336 g/mol. The van der Waals surface area contributed by atoms with Crippen molar-refractivity contribution in [2.75, 3.05) is 24.6 Å². The van der Waals surface area contributed by atoms with Gasteiger partial charge in [0.25, 0.3) is 0 Å². The molecule has 1 fully saturated rings. The maximum Gasteiger partial charge on any atom is 0.243 e. The summed E-state index contributed by atoms with van der Waals surface area (Å²) < 4.78 is 49.7. The van der Waals surface area contributed by atoms with E-state index in [1.54, 1.807) is 0 Å². The van der Waals surface area contributed by atoms with Crippen molar-refractivity contribution in [3.63, 3.8) is 0 Å². The molecule has 2 rings (SSSR count). The van der Waals surface area contributed by atoms with E-state index in [-0.39, 0.29) is 29.5 Å². The van der Waals surface area contributed by atoms with Crippen molar-refractivity contribution < 1.29 is 16.8 Å². The molecule has 0 spiro atoms. The fourth-order valence-electron chi connectivity index (χ4n) is 2.37. The van der Waals surface area contributed by atoms with Gasteiger partial charge in [-0.05, 0) is 30.7 Å². The van der Waals surface area contributed by atoms with E-state index in [4.69, 9.17) is 17.3 Å². The van der Waals surface area contributed by atoms with Crippen LogP contribution in [0.2, 0.25) is 5.02 Å². The first-order valence-electron chi connectivity index (χ1n) is 6.44. The molecule has 0 radical (unpaired) electrons. The highest BCUT2D eigenvalue weighted by atomic mass is 35.5. The number of benzene rings is 1. The van der Waals surface area contributed by atoms with E-state index in [9.17, 15) is 16.8 Å². The first-order chi connectivity index (χ1) is 9.76. The summed E-state index contributed by atoms with van der Waals surface area (Å²) >= 11 is 5.76. The first kappa shape index (κ1) is 16.7. The maximum absolute atomic E-state index is 12.7. The van der Waals surface area contributed by atoms with Crippen LogP contribution in [0.25, 0.3) is 0 Å². The molecule has 0 saturated carbocycles. The second-order valence-corrected chi connectivity index (χ2v) is 9.47. The number of nitrogens with two attached hydrogens (primary N) is 1. The molecule has 9 heteroatoms. The third-order valence-corrected chi connectivity index (χ3v) is 7.35. The second-order valence-electron chi connectivity index (χ2n) is 4.92. The molecule has 118 valence electrons. The molecule has 0 aromatic heterocycles. The Hall–Kier alpha value is -0.670. The van der Waals surface area contributed by atoms with Gasteiger partial charge in [0.2, 0.25) is 10.0 Å². The summed E-state index contributed by atoms with van der Waals surface area (Å²) in [5.74, 6) is -0.144. The number of hydrogen-bond donors (Lipinski definition) is 1. The van der Waals surface area contributed by atoms with E-state index in [0.29, 0.717) is 11.4 Å². The van der Waals surface area contributed by atoms with E-state index in [2.05, 4.69) is 0 Å². The Morgan fingerprint density at radius 1 is 1.29 bits per heavy atom. The molecule has 1 heterocycles. The van der Waals surface area contributed by atoms with Crippen LogP contribution in [-0.2, 0) is 19.9 Å². The molecule has 6 nitrogen and oxygen atoms in total. The van der Waals surface area contributed by atoms with Gasteiger partial charge in [0, 0.05) is 24.2 Å². The van der Waals surface area contributed by atoms with Crippen LogP contribution >= 0.6 is 11.6 Å². The van der Waals surface area contributed by atoms with Crippen molar-refractivity contribution in [3.8, 4) is 0 Å². The molecule has 21 heavy (non-hydrogen) atoms. The van der Waals surface area contributed by atoms with Crippen molar-refractivity contribution in [2.45, 2.75) is 17.4 Å². The van der Waals surface area contributed by atoms with Crippen molar-refractivity contribution in [1.29, 1.82) is 0 Å². The molecule has 1 aromatic rings. The van der Waals surface area contributed by atoms with Gasteiger partial charge in [-0.15, -0.1) is 0 Å². The minimum atomic E-state index is -3.78. The predicted molar refractivity (Wildman–Crippen MR) is 81.5 cm³/mol. The van der Waals surface area contributed by atoms with Crippen molar-refractivity contribution >= 4 is 31.5 Å². The molecule has 0 amide bonds. The van der Waals surface area contributed by atoms with Gasteiger partial charge in [0.1, 0.15) is 0 Å². The molecule has 1 aliphatic rings. The van der Waals surface area contributed by atoms with Crippen LogP contribution in [0.5, 0.6) is 0 Å². The number of halogens is 1. The normalized spacial score (nSPS) is 21.8. The zero-order chi connectivity index (χ0) is 15.7. The number of hydrogen-bond acceptors (Lipinski definition) is 5. The van der Waals surface area contributed by atoms with Crippen molar-refractivity contribution in [3.05, 3.63) is 29.3 Å². The van der Waals surface area contributed by atoms with E-state index in [1.807, 2.05) is 0 Å². The average molecular weight is 353 g/mol. The highest BCUT2D eigenvalue weighted by Gasteiger charge is 2.38. The summed E-state index contributed by atoms with van der Waals surface area (Å²) in [5.41, 5.74) is 5.49. The van der Waals surface area contributed by atoms with E-state index in [0.717, 1.165) is 0 Å². The fraction of sp³-hybridized carbons (Fsp3) is 0.500. The lowest BCUT2D eigenvalue weighted by atomic mass is 10.2. The first-order valence-corrected chi connectivity index (χ1v) is 10.1. The summed E-state index contributed by atoms with van der Waals surface area (Å²) in [4.78, 5) is 0.0876. The van der Waals surface area contributed by atoms with Crippen LogP contribution in [0.1, 0.15) is 6.42 Å². The summed E-state index contributed by atoms with van der Waals surface area (Å²) in [6.07, 6.45) is 0.301. The Balaban J connectivity index is 2.35. The van der Waals surface area contributed by atoms with Crippen LogP contribution in [-0.4, -0.2) is 51.8 Å². The molecule has 1 atom stereocenters. The smallest absolute Gasteiger partial charge is 0.243 e. The van der Waals surface area contributed by atoms with Gasteiger partial charge in [-0.3, -0.25) is 0 Å². The van der Waals surface area contributed by atoms with Gasteiger partial charge in [0.15, 0.2) is 9.84 Å². The Morgan fingerprint density at radius 3 is 2.38 bits per heavy atom. The molecular formula is C12H17ClN2O4S2. The Bertz CT molecular complexity index is 701. The maximum atomic E-state index is 12.7. The predicted octanol–water partition coefficient (Wildman–Crippen LogP) is 0.477. The summed E-state index contributed by atoms with van der Waals surface area (Å²) in [6.45, 7) is 0.217. The molecule has 1 saturated heterocycles. The quantitative estimate of drug-likeness (QED) is 0.831. The molecule has 1 aliphatic heterocycles. The lowest BCUT2D eigenvalue weighted by Gasteiger charge is -2.26. The Kier molecular flexibility index (Phi) is 4.94. The lowest BCUT2D eigenvalue weighted by molar-refractivity contribution is 0.347. The number of sulfonamides is 1. The minimum absolute atomic E-state index is 0.00881. The van der Waals surface area contributed by atoms with Crippen molar-refractivity contribution in [1.82, 2.24) is 4.31 Å². The largest absolute Gasteiger partial charge is 0.329 e. The van der Waals surface area contributed by atoms with Crippen LogP contribution in [0, 0.1) is 0 Å². The summed E-state index contributed by atoms with van der Waals surface area (Å²) in [7, 11) is -6.96. The van der Waals surface area contributed by atoms with E-state index < -0.39 is 25.9 Å². The summed E-state index contributed by atoms with van der Waals surface area (Å²) in [5, 5.41) is 0.433. The van der Waals surface area contributed by atoms with E-state index in [1.165, 1.54) is 28.6 Å². The third-order valence-electron chi connectivity index (χ3n) is 3.39. The van der Waals surface area contributed by atoms with E-state index >= 15 is 0 Å². The Labute approximate surface area is 129 Å². The van der Waals surface area contributed by atoms with Crippen molar-refractivity contribution in [2.24, 2.45) is 5.73 Å². The zero-order valence-corrected chi connectivity index (χ0v) is 13.7. The van der Waals surface area contributed by atoms with Gasteiger partial charge < -0.3 is 5.73 Å². The topological polar surface area (TPSA) is 97.5 Å². The van der Waals surface area contributed by atoms with Crippen LogP contribution in [0.3, 0.4) is 0 Å². The Morgan fingerprint density at radius 2 is 1.90 bits per heavy atom. The number of nitrogens with zero attached hydrogens (tertiary/aromatic N) is 1. The lowest BCUT2D eigenvalue weighted by Crippen LogP contribution is -2.43. The minimum Gasteiger partial charge on any atom is -0.329 e. The van der Waals surface area contributed by atoms with Gasteiger partial charge in [-0.1, -0.05) is 11.6 Å². The van der Waals surface area contributed by atoms with Crippen LogP contribution < -0.4 is 5.73 Å². The molecule has 2 N–H and O–H groups in total. The van der Waals surface area contributed by atoms with Gasteiger partial charge in [-0.2, -0.15) is 4.31 Å². The molecule has 0 aliphatic carbocycles. The van der Waals surface area contributed by atoms with Crippen LogP contribution in [0.4, 0.5) is 0 Å². The molecule has 0 bridgehead atoms. The summed E-state index contributed by atoms with van der Waals surface area (Å²) in [6, 6.07) is 5.23.